The Labute approximate surface area is 110 Å². The van der Waals surface area contributed by atoms with Crippen molar-refractivity contribution < 1.29 is 13.9 Å². The number of ether oxygens (including phenoxy) is 1. The van der Waals surface area contributed by atoms with Gasteiger partial charge in [0, 0.05) is 18.7 Å². The van der Waals surface area contributed by atoms with E-state index in [-0.39, 0.29) is 17.3 Å². The lowest BCUT2D eigenvalue weighted by molar-refractivity contribution is 0.0728. The number of esters is 1. The number of nitrogens with zero attached hydrogens (tertiary/aromatic N) is 1. The van der Waals surface area contributed by atoms with Crippen molar-refractivity contribution in [3.8, 4) is 5.75 Å². The minimum absolute atomic E-state index is 0.181. The van der Waals surface area contributed by atoms with Gasteiger partial charge >= 0.3 is 5.97 Å². The highest BCUT2D eigenvalue weighted by atomic mass is 19.1. The van der Waals surface area contributed by atoms with Crippen LogP contribution in [-0.2, 0) is 12.8 Å². The number of H-pyrrole nitrogens is 1. The predicted molar refractivity (Wildman–Crippen MR) is 68.7 cm³/mol. The zero-order valence-corrected chi connectivity index (χ0v) is 10.9. The van der Waals surface area contributed by atoms with E-state index < -0.39 is 5.97 Å². The number of imidazole rings is 1. The summed E-state index contributed by atoms with van der Waals surface area (Å²) in [6, 6.07) is 4.40. The number of hydrogen-bond donors (Lipinski definition) is 1. The molecule has 0 aliphatic heterocycles. The van der Waals surface area contributed by atoms with E-state index in [4.69, 9.17) is 4.74 Å². The van der Waals surface area contributed by atoms with Crippen LogP contribution in [0.4, 0.5) is 4.39 Å². The summed E-state index contributed by atoms with van der Waals surface area (Å²) in [5, 5.41) is 0. The molecular formula is C14H15FN2O2. The van der Waals surface area contributed by atoms with Gasteiger partial charge in [-0.25, -0.2) is 14.2 Å². The first kappa shape index (κ1) is 13.3. The molecule has 4 nitrogen and oxygen atoms in total. The highest BCUT2D eigenvalue weighted by Gasteiger charge is 2.13. The van der Waals surface area contributed by atoms with Crippen molar-refractivity contribution in [1.29, 1.82) is 0 Å². The molecule has 0 aliphatic rings. The lowest BCUT2D eigenvalue weighted by atomic mass is 10.1. The van der Waals surface area contributed by atoms with Crippen LogP contribution < -0.4 is 4.74 Å². The molecule has 0 bridgehead atoms. The zero-order valence-electron chi connectivity index (χ0n) is 10.9. The molecule has 0 fully saturated rings. The molecule has 0 radical (unpaired) electrons. The topological polar surface area (TPSA) is 55.0 Å². The molecule has 1 N–H and O–H groups in total. The fraction of sp³-hybridized carbons (Fsp3) is 0.286. The van der Waals surface area contributed by atoms with Crippen molar-refractivity contribution >= 4 is 5.97 Å². The molecule has 1 aromatic heterocycles. The van der Waals surface area contributed by atoms with E-state index in [2.05, 4.69) is 9.97 Å². The molecule has 0 atom stereocenters. The minimum atomic E-state index is -0.598. The van der Waals surface area contributed by atoms with Gasteiger partial charge in [-0.3, -0.25) is 0 Å². The normalized spacial score (nSPS) is 10.5. The second-order valence-electron chi connectivity index (χ2n) is 4.08. The van der Waals surface area contributed by atoms with Gasteiger partial charge in [-0.2, -0.15) is 0 Å². The van der Waals surface area contributed by atoms with Gasteiger partial charge in [0.25, 0.3) is 0 Å². The van der Waals surface area contributed by atoms with E-state index >= 15 is 0 Å². The van der Waals surface area contributed by atoms with Gasteiger partial charge in [0.1, 0.15) is 17.4 Å². The minimum Gasteiger partial charge on any atom is -0.422 e. The lowest BCUT2D eigenvalue weighted by Crippen LogP contribution is -2.09. The molecule has 5 heteroatoms. The standard InChI is InChI=1S/C14H15FN2O2/c1-3-9-5-6-10(7-11(9)15)19-14(18)12-8-16-13(4-2)17-12/h5-8H,3-4H2,1-2H3,(H,16,17). The average Bonchev–Trinajstić information content (AvgIpc) is 2.88. The summed E-state index contributed by atoms with van der Waals surface area (Å²) in [7, 11) is 0. The lowest BCUT2D eigenvalue weighted by Gasteiger charge is -2.04. The first-order chi connectivity index (χ1) is 9.13. The Hall–Kier alpha value is -2.17. The van der Waals surface area contributed by atoms with E-state index in [1.165, 1.54) is 12.3 Å². The number of aromatic nitrogens is 2. The Balaban J connectivity index is 2.12. The van der Waals surface area contributed by atoms with Crippen LogP contribution in [-0.4, -0.2) is 15.9 Å². The number of benzene rings is 1. The third-order valence-electron chi connectivity index (χ3n) is 2.79. The van der Waals surface area contributed by atoms with E-state index in [9.17, 15) is 9.18 Å². The summed E-state index contributed by atoms with van der Waals surface area (Å²) in [5.74, 6) is -0.0797. The molecule has 100 valence electrons. The summed E-state index contributed by atoms with van der Waals surface area (Å²) in [4.78, 5) is 18.7. The molecule has 0 unspecified atom stereocenters. The second-order valence-corrected chi connectivity index (χ2v) is 4.08. The summed E-state index contributed by atoms with van der Waals surface area (Å²) < 4.78 is 18.6. The number of halogens is 1. The van der Waals surface area contributed by atoms with E-state index in [1.54, 1.807) is 12.1 Å². The molecule has 2 aromatic rings. The first-order valence-corrected chi connectivity index (χ1v) is 6.19. The van der Waals surface area contributed by atoms with Crippen LogP contribution in [0.5, 0.6) is 5.75 Å². The van der Waals surface area contributed by atoms with Gasteiger partial charge in [-0.05, 0) is 18.1 Å². The quantitative estimate of drug-likeness (QED) is 0.681. The Morgan fingerprint density at radius 2 is 2.16 bits per heavy atom. The van der Waals surface area contributed by atoms with Gasteiger partial charge in [0.05, 0.1) is 0 Å². The third kappa shape index (κ3) is 2.99. The fourth-order valence-corrected chi connectivity index (χ4v) is 1.68. The van der Waals surface area contributed by atoms with E-state index in [0.717, 1.165) is 0 Å². The van der Waals surface area contributed by atoms with Gasteiger partial charge in [0.2, 0.25) is 0 Å². The molecule has 1 heterocycles. The van der Waals surface area contributed by atoms with Crippen LogP contribution in [0.25, 0.3) is 0 Å². The third-order valence-corrected chi connectivity index (χ3v) is 2.79. The largest absolute Gasteiger partial charge is 0.422 e. The molecule has 0 amide bonds. The van der Waals surface area contributed by atoms with Crippen molar-refractivity contribution in [3.05, 3.63) is 47.3 Å². The number of aryl methyl sites for hydroxylation is 2. The average molecular weight is 262 g/mol. The Kier molecular flexibility index (Phi) is 3.94. The smallest absolute Gasteiger partial charge is 0.363 e. The number of aromatic amines is 1. The van der Waals surface area contributed by atoms with Gasteiger partial charge in [-0.15, -0.1) is 0 Å². The Morgan fingerprint density at radius 1 is 1.37 bits per heavy atom. The number of rotatable bonds is 4. The van der Waals surface area contributed by atoms with Crippen molar-refractivity contribution in [2.75, 3.05) is 0 Å². The highest BCUT2D eigenvalue weighted by Crippen LogP contribution is 2.18. The summed E-state index contributed by atoms with van der Waals surface area (Å²) in [6.45, 7) is 3.78. The molecule has 0 aliphatic carbocycles. The summed E-state index contributed by atoms with van der Waals surface area (Å²) in [6.07, 6.45) is 2.78. The molecule has 0 saturated carbocycles. The number of carbonyl (C=O) groups is 1. The van der Waals surface area contributed by atoms with Crippen molar-refractivity contribution in [3.63, 3.8) is 0 Å². The predicted octanol–water partition coefficient (Wildman–Crippen LogP) is 2.89. The van der Waals surface area contributed by atoms with Crippen molar-refractivity contribution in [2.45, 2.75) is 26.7 Å². The molecule has 1 aromatic carbocycles. The SMILES string of the molecule is CCc1nc(C(=O)Oc2ccc(CC)c(F)c2)c[nH]1. The molecule has 19 heavy (non-hydrogen) atoms. The maximum atomic E-state index is 13.5. The van der Waals surface area contributed by atoms with Gasteiger partial charge < -0.3 is 9.72 Å². The number of nitrogens with one attached hydrogen (secondary N) is 1. The number of carbonyl (C=O) groups excluding carboxylic acids is 1. The van der Waals surface area contributed by atoms with Crippen molar-refractivity contribution in [1.82, 2.24) is 9.97 Å². The van der Waals surface area contributed by atoms with Crippen LogP contribution >= 0.6 is 0 Å². The van der Waals surface area contributed by atoms with E-state index in [0.29, 0.717) is 24.2 Å². The van der Waals surface area contributed by atoms with Crippen molar-refractivity contribution in [2.24, 2.45) is 0 Å². The van der Waals surface area contributed by atoms with Gasteiger partial charge in [-0.1, -0.05) is 19.9 Å². The van der Waals surface area contributed by atoms with Crippen LogP contribution in [0.15, 0.2) is 24.4 Å². The molecule has 0 spiro atoms. The highest BCUT2D eigenvalue weighted by molar-refractivity contribution is 5.88. The summed E-state index contributed by atoms with van der Waals surface area (Å²) in [5.41, 5.74) is 0.782. The summed E-state index contributed by atoms with van der Waals surface area (Å²) >= 11 is 0. The van der Waals surface area contributed by atoms with Crippen LogP contribution in [0.3, 0.4) is 0 Å². The molecule has 2 rings (SSSR count). The monoisotopic (exact) mass is 262 g/mol. The van der Waals surface area contributed by atoms with E-state index in [1.807, 2.05) is 13.8 Å². The van der Waals surface area contributed by atoms with Crippen LogP contribution in [0.2, 0.25) is 0 Å². The second kappa shape index (κ2) is 5.65. The van der Waals surface area contributed by atoms with Gasteiger partial charge in [0.15, 0.2) is 5.69 Å². The Bertz CT molecular complexity index is 593. The fourth-order valence-electron chi connectivity index (χ4n) is 1.68. The van der Waals surface area contributed by atoms with Crippen LogP contribution in [0.1, 0.15) is 35.7 Å². The number of hydrogen-bond acceptors (Lipinski definition) is 3. The molecular weight excluding hydrogens is 247 g/mol. The molecule has 0 saturated heterocycles. The first-order valence-electron chi connectivity index (χ1n) is 6.19. The maximum absolute atomic E-state index is 13.5. The zero-order chi connectivity index (χ0) is 13.8. The Morgan fingerprint density at radius 3 is 2.74 bits per heavy atom. The maximum Gasteiger partial charge on any atom is 0.363 e. The van der Waals surface area contributed by atoms with Crippen LogP contribution in [0, 0.1) is 5.82 Å².